The Morgan fingerprint density at radius 2 is 2.10 bits per heavy atom. The molecule has 2 aromatic carbocycles. The molecule has 3 aromatic rings. The van der Waals surface area contributed by atoms with E-state index in [0.717, 1.165) is 0 Å². The number of ether oxygens (including phenoxy) is 1. The Labute approximate surface area is 125 Å². The summed E-state index contributed by atoms with van der Waals surface area (Å²) in [4.78, 5) is 2.94. The minimum Gasteiger partial charge on any atom is -0.494 e. The van der Waals surface area contributed by atoms with Crippen molar-refractivity contribution in [1.82, 2.24) is 9.55 Å². The summed E-state index contributed by atoms with van der Waals surface area (Å²) in [6, 6.07) is 12.1. The van der Waals surface area contributed by atoms with Crippen LogP contribution in [0.5, 0.6) is 5.75 Å². The van der Waals surface area contributed by atoms with Crippen LogP contribution in [-0.2, 0) is 0 Å². The summed E-state index contributed by atoms with van der Waals surface area (Å²) in [7, 11) is 1.40. The van der Waals surface area contributed by atoms with Gasteiger partial charge in [-0.25, -0.2) is 4.39 Å². The fourth-order valence-corrected chi connectivity index (χ4v) is 2.57. The largest absolute Gasteiger partial charge is 0.494 e. The summed E-state index contributed by atoms with van der Waals surface area (Å²) in [6.07, 6.45) is 0. The van der Waals surface area contributed by atoms with Crippen LogP contribution in [0, 0.1) is 21.9 Å². The SMILES string of the molecule is COc1cc2c(cc1F)[nH]c(=S)n2-c1ccccc1C#N. The maximum absolute atomic E-state index is 13.8. The molecule has 0 radical (unpaired) electrons. The van der Waals surface area contributed by atoms with Gasteiger partial charge in [-0.2, -0.15) is 5.26 Å². The van der Waals surface area contributed by atoms with E-state index in [1.807, 2.05) is 6.07 Å². The van der Waals surface area contributed by atoms with Crippen LogP contribution in [-0.4, -0.2) is 16.7 Å². The van der Waals surface area contributed by atoms with E-state index in [2.05, 4.69) is 11.1 Å². The third-order valence-corrected chi connectivity index (χ3v) is 3.51. The van der Waals surface area contributed by atoms with Gasteiger partial charge >= 0.3 is 0 Å². The van der Waals surface area contributed by atoms with Crippen LogP contribution in [0.2, 0.25) is 0 Å². The summed E-state index contributed by atoms with van der Waals surface area (Å²) in [5, 5.41) is 9.23. The van der Waals surface area contributed by atoms with E-state index in [9.17, 15) is 9.65 Å². The smallest absolute Gasteiger partial charge is 0.182 e. The van der Waals surface area contributed by atoms with Crippen molar-refractivity contribution < 1.29 is 9.13 Å². The molecule has 0 fully saturated rings. The second kappa shape index (κ2) is 5.04. The molecular formula is C15H10FN3OS. The molecule has 6 heteroatoms. The van der Waals surface area contributed by atoms with Gasteiger partial charge in [0.25, 0.3) is 0 Å². The van der Waals surface area contributed by atoms with Crippen LogP contribution in [0.3, 0.4) is 0 Å². The number of methoxy groups -OCH3 is 1. The number of halogens is 1. The molecular weight excluding hydrogens is 289 g/mol. The Kier molecular flexibility index (Phi) is 3.20. The van der Waals surface area contributed by atoms with Crippen LogP contribution < -0.4 is 4.74 Å². The van der Waals surface area contributed by atoms with E-state index in [1.54, 1.807) is 28.8 Å². The zero-order valence-corrected chi connectivity index (χ0v) is 11.9. The Morgan fingerprint density at radius 1 is 1.33 bits per heavy atom. The Hall–Kier alpha value is -2.65. The highest BCUT2D eigenvalue weighted by molar-refractivity contribution is 7.71. The van der Waals surface area contributed by atoms with Gasteiger partial charge in [0.05, 0.1) is 29.4 Å². The highest BCUT2D eigenvalue weighted by atomic mass is 32.1. The average molecular weight is 299 g/mol. The molecule has 104 valence electrons. The number of hydrogen-bond acceptors (Lipinski definition) is 3. The minimum absolute atomic E-state index is 0.125. The molecule has 0 saturated carbocycles. The van der Waals surface area contributed by atoms with Gasteiger partial charge in [-0.3, -0.25) is 4.57 Å². The molecule has 0 amide bonds. The fourth-order valence-electron chi connectivity index (χ4n) is 2.27. The average Bonchev–Trinajstić information content (AvgIpc) is 2.80. The van der Waals surface area contributed by atoms with E-state index in [0.29, 0.717) is 27.1 Å². The first-order valence-corrected chi connectivity index (χ1v) is 6.54. The molecule has 1 aromatic heterocycles. The summed E-state index contributed by atoms with van der Waals surface area (Å²) < 4.78 is 20.9. The van der Waals surface area contributed by atoms with Gasteiger partial charge in [-0.05, 0) is 24.4 Å². The van der Waals surface area contributed by atoms with Gasteiger partial charge in [0.15, 0.2) is 16.3 Å². The summed E-state index contributed by atoms with van der Waals surface area (Å²) in [5.74, 6) is -0.346. The van der Waals surface area contributed by atoms with E-state index in [-0.39, 0.29) is 5.75 Å². The van der Waals surface area contributed by atoms with Crippen molar-refractivity contribution in [2.75, 3.05) is 7.11 Å². The number of nitrogens with zero attached hydrogens (tertiary/aromatic N) is 2. The zero-order chi connectivity index (χ0) is 15.0. The standard InChI is InChI=1S/C15H10FN3OS/c1-20-14-7-13-11(6-10(14)16)18-15(21)19(13)12-5-3-2-4-9(12)8-17/h2-7H,1H3,(H,18,21). The third kappa shape index (κ3) is 2.08. The Bertz CT molecular complexity index is 936. The Balaban J connectivity index is 2.40. The minimum atomic E-state index is -0.470. The highest BCUT2D eigenvalue weighted by Gasteiger charge is 2.13. The van der Waals surface area contributed by atoms with E-state index < -0.39 is 5.82 Å². The van der Waals surface area contributed by atoms with Crippen molar-refractivity contribution in [3.05, 3.63) is 52.5 Å². The van der Waals surface area contributed by atoms with Crippen LogP contribution in [0.1, 0.15) is 5.56 Å². The molecule has 0 aliphatic rings. The van der Waals surface area contributed by atoms with Crippen LogP contribution in [0.4, 0.5) is 4.39 Å². The summed E-state index contributed by atoms with van der Waals surface area (Å²) >= 11 is 5.30. The fraction of sp³-hybridized carbons (Fsp3) is 0.0667. The first-order valence-electron chi connectivity index (χ1n) is 6.13. The van der Waals surface area contributed by atoms with Crippen molar-refractivity contribution >= 4 is 23.3 Å². The zero-order valence-electron chi connectivity index (χ0n) is 11.1. The maximum Gasteiger partial charge on any atom is 0.182 e. The normalized spacial score (nSPS) is 10.5. The number of imidazole rings is 1. The molecule has 0 aliphatic carbocycles. The molecule has 1 N–H and O–H groups in total. The van der Waals surface area contributed by atoms with Gasteiger partial charge in [0.2, 0.25) is 0 Å². The van der Waals surface area contributed by atoms with E-state index in [1.165, 1.54) is 13.2 Å². The van der Waals surface area contributed by atoms with Crippen LogP contribution in [0.15, 0.2) is 36.4 Å². The molecule has 0 aliphatic heterocycles. The number of H-pyrrole nitrogens is 1. The number of benzene rings is 2. The van der Waals surface area contributed by atoms with Gasteiger partial charge in [0, 0.05) is 12.1 Å². The number of aromatic nitrogens is 2. The lowest BCUT2D eigenvalue weighted by Crippen LogP contribution is -1.98. The summed E-state index contributed by atoms with van der Waals surface area (Å²) in [6.45, 7) is 0. The van der Waals surface area contributed by atoms with Crippen molar-refractivity contribution in [2.24, 2.45) is 0 Å². The number of aromatic amines is 1. The quantitative estimate of drug-likeness (QED) is 0.734. The molecule has 0 atom stereocenters. The molecule has 0 saturated heterocycles. The van der Waals surface area contributed by atoms with Crippen molar-refractivity contribution in [2.45, 2.75) is 0 Å². The van der Waals surface area contributed by atoms with Crippen molar-refractivity contribution in [1.29, 1.82) is 5.26 Å². The predicted octanol–water partition coefficient (Wildman–Crippen LogP) is 3.71. The second-order valence-electron chi connectivity index (χ2n) is 4.40. The summed E-state index contributed by atoms with van der Waals surface area (Å²) in [5.41, 5.74) is 2.33. The Morgan fingerprint density at radius 3 is 2.81 bits per heavy atom. The predicted molar refractivity (Wildman–Crippen MR) is 79.7 cm³/mol. The highest BCUT2D eigenvalue weighted by Crippen LogP contribution is 2.27. The van der Waals surface area contributed by atoms with E-state index >= 15 is 0 Å². The molecule has 3 rings (SSSR count). The number of hydrogen-bond donors (Lipinski definition) is 1. The third-order valence-electron chi connectivity index (χ3n) is 3.22. The van der Waals surface area contributed by atoms with Crippen LogP contribution >= 0.6 is 12.2 Å². The first kappa shape index (κ1) is 13.3. The van der Waals surface area contributed by atoms with Gasteiger partial charge in [0.1, 0.15) is 6.07 Å². The maximum atomic E-state index is 13.8. The van der Waals surface area contributed by atoms with Crippen molar-refractivity contribution in [3.8, 4) is 17.5 Å². The lowest BCUT2D eigenvalue weighted by Gasteiger charge is -2.08. The van der Waals surface area contributed by atoms with Crippen molar-refractivity contribution in [3.63, 3.8) is 0 Å². The number of rotatable bonds is 2. The van der Waals surface area contributed by atoms with Gasteiger partial charge in [-0.15, -0.1) is 0 Å². The molecule has 4 nitrogen and oxygen atoms in total. The monoisotopic (exact) mass is 299 g/mol. The number of nitriles is 1. The van der Waals surface area contributed by atoms with Gasteiger partial charge in [-0.1, -0.05) is 12.1 Å². The number of para-hydroxylation sites is 1. The number of nitrogens with one attached hydrogen (secondary N) is 1. The van der Waals surface area contributed by atoms with E-state index in [4.69, 9.17) is 17.0 Å². The molecule has 0 spiro atoms. The lowest BCUT2D eigenvalue weighted by molar-refractivity contribution is 0.387. The lowest BCUT2D eigenvalue weighted by atomic mass is 10.2. The van der Waals surface area contributed by atoms with Gasteiger partial charge < -0.3 is 9.72 Å². The first-order chi connectivity index (χ1) is 10.2. The molecule has 21 heavy (non-hydrogen) atoms. The van der Waals surface area contributed by atoms with Crippen LogP contribution in [0.25, 0.3) is 16.7 Å². The molecule has 1 heterocycles. The molecule has 0 unspecified atom stereocenters. The topological polar surface area (TPSA) is 53.7 Å². The number of fused-ring (bicyclic) bond motifs is 1. The molecule has 0 bridgehead atoms. The second-order valence-corrected chi connectivity index (χ2v) is 4.79.